The van der Waals surface area contributed by atoms with Gasteiger partial charge in [-0.1, -0.05) is 0 Å². The topological polar surface area (TPSA) is 113 Å². The molecule has 5 rings (SSSR count). The molecule has 0 unspecified atom stereocenters. The molecule has 1 aliphatic rings. The summed E-state index contributed by atoms with van der Waals surface area (Å²) in [5.41, 5.74) is 2.30. The van der Waals surface area contributed by atoms with Crippen molar-refractivity contribution in [3.8, 4) is 5.75 Å². The van der Waals surface area contributed by atoms with Crippen LogP contribution in [0, 0.1) is 13.8 Å². The Morgan fingerprint density at radius 2 is 1.20 bits per heavy atom. The summed E-state index contributed by atoms with van der Waals surface area (Å²) in [4.78, 5) is 13.7. The molecule has 1 aliphatic heterocycles. The Bertz CT molecular complexity index is 1710. The quantitative estimate of drug-likeness (QED) is 0.201. The normalized spacial score (nSPS) is 17.0. The average molecular weight is 804 g/mol. The van der Waals surface area contributed by atoms with Crippen molar-refractivity contribution < 1.29 is 30.6 Å². The van der Waals surface area contributed by atoms with Crippen LogP contribution in [0.4, 0.5) is 0 Å². The number of para-hydroxylation sites is 1. The van der Waals surface area contributed by atoms with Gasteiger partial charge in [0, 0.05) is 0 Å². The number of ketones is 1. The van der Waals surface area contributed by atoms with E-state index in [1.165, 1.54) is 30.3 Å². The summed E-state index contributed by atoms with van der Waals surface area (Å²) in [5.74, 6) is -0.236. The third-order valence-corrected chi connectivity index (χ3v) is 24.6. The molecule has 0 fully saturated rings. The fourth-order valence-corrected chi connectivity index (χ4v) is 22.8. The first-order valence-corrected chi connectivity index (χ1v) is 21.9. The van der Waals surface area contributed by atoms with Gasteiger partial charge in [0.15, 0.2) is 0 Å². The van der Waals surface area contributed by atoms with Crippen molar-refractivity contribution in [2.75, 3.05) is 0 Å². The Labute approximate surface area is 253 Å². The predicted molar refractivity (Wildman–Crippen MR) is 154 cm³/mol. The van der Waals surface area contributed by atoms with Crippen molar-refractivity contribution in [3.63, 3.8) is 0 Å². The molecule has 0 N–H and O–H groups in total. The van der Waals surface area contributed by atoms with Gasteiger partial charge in [-0.05, 0) is 0 Å². The summed E-state index contributed by atoms with van der Waals surface area (Å²) in [6.07, 6.45) is -1.08. The van der Waals surface area contributed by atoms with E-state index in [0.29, 0.717) is 10.6 Å². The molecule has 210 valence electrons. The van der Waals surface area contributed by atoms with E-state index in [1.807, 2.05) is 0 Å². The van der Waals surface area contributed by atoms with Crippen molar-refractivity contribution in [3.05, 3.63) is 124 Å². The molecular formula is C29H24ClO8S2Tl. The zero-order valence-electron chi connectivity index (χ0n) is 21.9. The Morgan fingerprint density at radius 3 is 1.71 bits per heavy atom. The first-order chi connectivity index (χ1) is 19.4. The summed E-state index contributed by atoms with van der Waals surface area (Å²) in [6, 6.07) is 24.7. The van der Waals surface area contributed by atoms with Gasteiger partial charge in [0.25, 0.3) is 0 Å². The van der Waals surface area contributed by atoms with Gasteiger partial charge in [-0.15, -0.1) is 0 Å². The number of aryl methyl sites for hydroxylation is 2. The van der Waals surface area contributed by atoms with E-state index in [0.717, 1.165) is 11.1 Å². The molecule has 0 aliphatic carbocycles. The maximum atomic E-state index is 14.0. The molecule has 0 saturated heterocycles. The number of Topliss-reactive ketones (excluding diaryl/α,β-unsaturated/α-hetero) is 1. The van der Waals surface area contributed by atoms with Crippen molar-refractivity contribution in [2.24, 2.45) is 0 Å². The molecule has 0 aromatic heterocycles. The Balaban J connectivity index is 1.64. The van der Waals surface area contributed by atoms with Crippen LogP contribution in [0.25, 0.3) is 0 Å². The molecule has 8 nitrogen and oxygen atoms in total. The molecular weight excluding hydrogens is 780 g/mol. The van der Waals surface area contributed by atoms with Crippen LogP contribution in [-0.2, 0) is 24.5 Å². The van der Waals surface area contributed by atoms with E-state index in [9.17, 15) is 21.6 Å². The standard InChI is InChI=1S/C15H10ClO2.2C7H8O3S.Tl/c16-11-7-5-10(6-8-11)15-9-13(17)12-3-1-2-4-14(12)18-15;2*1-6-2-4-7(5-3-6)11(8,9)10;/h1-9,15H;2*2-5H,1H3,(H,8,9,10);/q;;;+2/p-2/t15-;;;/m1.../s1. The van der Waals surface area contributed by atoms with Crippen LogP contribution in [0.3, 0.4) is 0 Å². The molecule has 0 saturated carbocycles. The van der Waals surface area contributed by atoms with Gasteiger partial charge in [0.1, 0.15) is 0 Å². The molecule has 4 aromatic carbocycles. The van der Waals surface area contributed by atoms with E-state index in [2.05, 4.69) is 0 Å². The molecule has 0 amide bonds. The Morgan fingerprint density at radius 1 is 0.707 bits per heavy atom. The van der Waals surface area contributed by atoms with Gasteiger partial charge < -0.3 is 0 Å². The van der Waals surface area contributed by atoms with Crippen LogP contribution in [0.2, 0.25) is 8.50 Å². The first-order valence-electron chi connectivity index (χ1n) is 12.5. The predicted octanol–water partition coefficient (Wildman–Crippen LogP) is 5.94. The van der Waals surface area contributed by atoms with Gasteiger partial charge in [-0.2, -0.15) is 0 Å². The van der Waals surface area contributed by atoms with Crippen molar-refractivity contribution in [2.45, 2.75) is 33.2 Å². The van der Waals surface area contributed by atoms with Crippen LogP contribution in [0.5, 0.6) is 5.75 Å². The van der Waals surface area contributed by atoms with Crippen LogP contribution < -0.4 is 4.74 Å². The van der Waals surface area contributed by atoms with Crippen LogP contribution in [0.1, 0.15) is 33.2 Å². The number of hydrogen-bond donors (Lipinski definition) is 0. The second kappa shape index (κ2) is 11.9. The molecule has 0 radical (unpaired) electrons. The van der Waals surface area contributed by atoms with Crippen LogP contribution in [-0.4, -0.2) is 46.2 Å². The molecule has 12 heteroatoms. The third kappa shape index (κ3) is 6.57. The van der Waals surface area contributed by atoms with Crippen molar-refractivity contribution in [1.29, 1.82) is 0 Å². The Kier molecular flexibility index (Phi) is 8.69. The summed E-state index contributed by atoms with van der Waals surface area (Å²) >= 11 is 0.857. The van der Waals surface area contributed by atoms with Gasteiger partial charge in [-0.25, -0.2) is 0 Å². The number of halogens is 1. The number of carbonyl (C=O) groups excluding carboxylic acids is 1. The molecule has 41 heavy (non-hydrogen) atoms. The number of carbonyl (C=O) groups is 1. The summed E-state index contributed by atoms with van der Waals surface area (Å²) in [7, 11) is -9.04. The summed E-state index contributed by atoms with van der Waals surface area (Å²) in [5, 5.41) is 0.436. The molecule has 0 spiro atoms. The molecule has 0 bridgehead atoms. The molecule has 1 heterocycles. The number of fused-ring (bicyclic) bond motifs is 1. The van der Waals surface area contributed by atoms with Gasteiger partial charge in [0.2, 0.25) is 0 Å². The van der Waals surface area contributed by atoms with Gasteiger partial charge >= 0.3 is 255 Å². The van der Waals surface area contributed by atoms with E-state index in [4.69, 9.17) is 20.6 Å². The summed E-state index contributed by atoms with van der Waals surface area (Å²) in [6.45, 7) is 3.59. The maximum absolute atomic E-state index is 14.0. The van der Waals surface area contributed by atoms with E-state index in [1.54, 1.807) is 80.6 Å². The fraction of sp³-hybridized carbons (Fsp3) is 0.138. The minimum absolute atomic E-state index is 0.181. The Hall–Kier alpha value is -2.62. The van der Waals surface area contributed by atoms with Crippen LogP contribution >= 0.6 is 11.6 Å². The second-order valence-electron chi connectivity index (χ2n) is 9.57. The molecule has 2 atom stereocenters. The van der Waals surface area contributed by atoms with Crippen molar-refractivity contribution in [1.82, 2.24) is 0 Å². The zero-order chi connectivity index (χ0) is 29.4. The van der Waals surface area contributed by atoms with E-state index in [-0.39, 0.29) is 21.1 Å². The third-order valence-electron chi connectivity index (χ3n) is 6.59. The van der Waals surface area contributed by atoms with Gasteiger partial charge in [0.05, 0.1) is 0 Å². The number of benzene rings is 4. The monoisotopic (exact) mass is 804 g/mol. The number of rotatable bonds is 8. The average Bonchev–Trinajstić information content (AvgIpc) is 2.93. The van der Waals surface area contributed by atoms with Gasteiger partial charge in [-0.3, -0.25) is 0 Å². The first kappa shape index (κ1) is 29.9. The van der Waals surface area contributed by atoms with E-state index < -0.39 is 59.2 Å². The zero-order valence-corrected chi connectivity index (χ0v) is 28.8. The molecule has 4 aromatic rings. The number of hydrogen-bond acceptors (Lipinski definition) is 8. The second-order valence-corrected chi connectivity index (χ2v) is 23.3. The van der Waals surface area contributed by atoms with E-state index >= 15 is 0 Å². The summed E-state index contributed by atoms with van der Waals surface area (Å²) < 4.78 is 70.3. The fourth-order valence-electron chi connectivity index (χ4n) is 4.40. The van der Waals surface area contributed by atoms with Crippen molar-refractivity contribution >= 4 is 61.2 Å². The minimum atomic E-state index is -5.23. The number of ether oxygens (including phenoxy) is 1. The van der Waals surface area contributed by atoms with Crippen LogP contribution in [0.15, 0.2) is 107 Å². The SMILES string of the molecule is Cc1ccc(S(=O)(=O)[O][Tl]([O]S(=O)(=O)c2ccc(C)cc2)[C@@H]2C(=O)c3ccccc3O[C@H]2c2ccc(Cl)cc2)cc1.